The second kappa shape index (κ2) is 2.98. The van der Waals surface area contributed by atoms with Gasteiger partial charge in [-0.25, -0.2) is 4.98 Å². The second-order valence-corrected chi connectivity index (χ2v) is 2.71. The highest BCUT2D eigenvalue weighted by Crippen LogP contribution is 2.16. The van der Waals surface area contributed by atoms with Crippen LogP contribution in [0.15, 0.2) is 16.7 Å². The third kappa shape index (κ3) is 1.46. The summed E-state index contributed by atoms with van der Waals surface area (Å²) in [5.41, 5.74) is 6.10. The molecular formula is C6H7BrN2O. The second-order valence-electron chi connectivity index (χ2n) is 1.86. The number of nitrogens with zero attached hydrogens (tertiary/aromatic N) is 1. The van der Waals surface area contributed by atoms with E-state index in [2.05, 4.69) is 20.9 Å². The molecular weight excluding hydrogens is 196 g/mol. The first-order chi connectivity index (χ1) is 4.74. The molecule has 0 bridgehead atoms. The van der Waals surface area contributed by atoms with Crippen LogP contribution in [0, 0.1) is 0 Å². The summed E-state index contributed by atoms with van der Waals surface area (Å²) in [5, 5.41) is 8.70. The van der Waals surface area contributed by atoms with E-state index in [1.807, 2.05) is 0 Å². The van der Waals surface area contributed by atoms with Crippen LogP contribution in [0.25, 0.3) is 0 Å². The summed E-state index contributed by atoms with van der Waals surface area (Å²) in [7, 11) is 0. The van der Waals surface area contributed by atoms with Crippen molar-refractivity contribution in [1.82, 2.24) is 4.98 Å². The molecule has 1 heterocycles. The Balaban J connectivity index is 3.07. The Kier molecular flexibility index (Phi) is 2.24. The van der Waals surface area contributed by atoms with Gasteiger partial charge in [-0.2, -0.15) is 0 Å². The highest BCUT2D eigenvalue weighted by molar-refractivity contribution is 9.10. The fourth-order valence-electron chi connectivity index (χ4n) is 0.590. The van der Waals surface area contributed by atoms with Crippen molar-refractivity contribution in [3.05, 3.63) is 22.3 Å². The van der Waals surface area contributed by atoms with Gasteiger partial charge in [0, 0.05) is 16.2 Å². The van der Waals surface area contributed by atoms with Crippen molar-refractivity contribution in [2.24, 2.45) is 0 Å². The van der Waals surface area contributed by atoms with Gasteiger partial charge in [0.25, 0.3) is 0 Å². The van der Waals surface area contributed by atoms with Crippen molar-refractivity contribution in [1.29, 1.82) is 0 Å². The Morgan fingerprint density at radius 2 is 2.40 bits per heavy atom. The molecule has 0 unspecified atom stereocenters. The molecule has 4 heteroatoms. The molecule has 3 N–H and O–H groups in total. The maximum atomic E-state index is 8.70. The van der Waals surface area contributed by atoms with Gasteiger partial charge in [-0.15, -0.1) is 0 Å². The molecule has 0 amide bonds. The third-order valence-corrected chi connectivity index (χ3v) is 1.86. The first-order valence-corrected chi connectivity index (χ1v) is 3.54. The molecule has 0 spiro atoms. The Bertz CT molecular complexity index is 239. The van der Waals surface area contributed by atoms with Crippen LogP contribution >= 0.6 is 15.9 Å². The predicted molar refractivity (Wildman–Crippen MR) is 42.3 cm³/mol. The zero-order chi connectivity index (χ0) is 7.56. The Labute approximate surface area is 67.0 Å². The number of hydrogen-bond acceptors (Lipinski definition) is 3. The minimum absolute atomic E-state index is 0.0200. The zero-order valence-electron chi connectivity index (χ0n) is 5.21. The highest BCUT2D eigenvalue weighted by Gasteiger charge is 1.97. The summed E-state index contributed by atoms with van der Waals surface area (Å²) >= 11 is 3.23. The van der Waals surface area contributed by atoms with Gasteiger partial charge >= 0.3 is 0 Å². The van der Waals surface area contributed by atoms with E-state index in [1.165, 1.54) is 0 Å². The Hall–Kier alpha value is -0.610. The van der Waals surface area contributed by atoms with Gasteiger partial charge < -0.3 is 10.8 Å². The van der Waals surface area contributed by atoms with Crippen molar-refractivity contribution in [2.75, 3.05) is 5.73 Å². The Morgan fingerprint density at radius 3 is 2.90 bits per heavy atom. The molecule has 0 aliphatic rings. The smallest absolute Gasteiger partial charge is 0.124 e. The standard InChI is InChI=1S/C6H7BrN2O/c7-5-1-6(8)9-2-4(5)3-10/h1-2,10H,3H2,(H2,8,9). The lowest BCUT2D eigenvalue weighted by Crippen LogP contribution is -1.92. The maximum Gasteiger partial charge on any atom is 0.124 e. The number of nitrogen functional groups attached to an aromatic ring is 1. The average molecular weight is 203 g/mol. The molecule has 0 aliphatic heterocycles. The van der Waals surface area contributed by atoms with Crippen LogP contribution in [0.2, 0.25) is 0 Å². The van der Waals surface area contributed by atoms with Gasteiger partial charge in [0.15, 0.2) is 0 Å². The van der Waals surface area contributed by atoms with E-state index < -0.39 is 0 Å². The molecule has 3 nitrogen and oxygen atoms in total. The lowest BCUT2D eigenvalue weighted by molar-refractivity contribution is 0.280. The molecule has 1 aromatic heterocycles. The van der Waals surface area contributed by atoms with E-state index in [0.717, 1.165) is 10.0 Å². The topological polar surface area (TPSA) is 59.1 Å². The summed E-state index contributed by atoms with van der Waals surface area (Å²) in [6.07, 6.45) is 1.54. The fourth-order valence-corrected chi connectivity index (χ4v) is 1.05. The van der Waals surface area contributed by atoms with E-state index in [4.69, 9.17) is 10.8 Å². The summed E-state index contributed by atoms with van der Waals surface area (Å²) in [4.78, 5) is 3.80. The Morgan fingerprint density at radius 1 is 1.70 bits per heavy atom. The zero-order valence-corrected chi connectivity index (χ0v) is 6.80. The molecule has 0 saturated carbocycles. The highest BCUT2D eigenvalue weighted by atomic mass is 79.9. The van der Waals surface area contributed by atoms with Gasteiger partial charge in [-0.3, -0.25) is 0 Å². The largest absolute Gasteiger partial charge is 0.392 e. The predicted octanol–water partition coefficient (Wildman–Crippen LogP) is 0.919. The monoisotopic (exact) mass is 202 g/mol. The summed E-state index contributed by atoms with van der Waals surface area (Å²) < 4.78 is 0.794. The SMILES string of the molecule is Nc1cc(Br)c(CO)cn1. The number of hydrogen-bond donors (Lipinski definition) is 2. The van der Waals surface area contributed by atoms with Crippen molar-refractivity contribution in [2.45, 2.75) is 6.61 Å². The number of halogens is 1. The molecule has 1 aromatic rings. The number of aliphatic hydroxyl groups excluding tert-OH is 1. The third-order valence-electron chi connectivity index (χ3n) is 1.12. The van der Waals surface area contributed by atoms with Crippen LogP contribution in [0.1, 0.15) is 5.56 Å². The van der Waals surface area contributed by atoms with Crippen LogP contribution in [0.3, 0.4) is 0 Å². The summed E-state index contributed by atoms with van der Waals surface area (Å²) in [6.45, 7) is -0.0200. The number of pyridine rings is 1. The first kappa shape index (κ1) is 7.50. The van der Waals surface area contributed by atoms with Gasteiger partial charge in [-0.1, -0.05) is 15.9 Å². The van der Waals surface area contributed by atoms with Gasteiger partial charge in [0.2, 0.25) is 0 Å². The van der Waals surface area contributed by atoms with Crippen LogP contribution in [0.4, 0.5) is 5.82 Å². The molecule has 1 rings (SSSR count). The first-order valence-electron chi connectivity index (χ1n) is 2.75. The maximum absolute atomic E-state index is 8.70. The van der Waals surface area contributed by atoms with E-state index >= 15 is 0 Å². The van der Waals surface area contributed by atoms with E-state index in [1.54, 1.807) is 12.3 Å². The van der Waals surface area contributed by atoms with Crippen molar-refractivity contribution < 1.29 is 5.11 Å². The number of rotatable bonds is 1. The van der Waals surface area contributed by atoms with Crippen LogP contribution < -0.4 is 5.73 Å². The summed E-state index contributed by atoms with van der Waals surface area (Å²) in [6, 6.07) is 1.66. The average Bonchev–Trinajstić information content (AvgIpc) is 1.88. The lowest BCUT2D eigenvalue weighted by atomic mass is 10.3. The number of anilines is 1. The van der Waals surface area contributed by atoms with E-state index in [0.29, 0.717) is 5.82 Å². The molecule has 0 atom stereocenters. The molecule has 0 aromatic carbocycles. The van der Waals surface area contributed by atoms with Gasteiger partial charge in [0.05, 0.1) is 6.61 Å². The number of aliphatic hydroxyl groups is 1. The molecule has 0 fully saturated rings. The number of aromatic nitrogens is 1. The van der Waals surface area contributed by atoms with Crippen molar-refractivity contribution in [3.8, 4) is 0 Å². The number of nitrogens with two attached hydrogens (primary N) is 1. The van der Waals surface area contributed by atoms with E-state index in [9.17, 15) is 0 Å². The summed E-state index contributed by atoms with van der Waals surface area (Å²) in [5.74, 6) is 0.448. The van der Waals surface area contributed by atoms with Crippen LogP contribution in [-0.2, 0) is 6.61 Å². The minimum atomic E-state index is -0.0200. The van der Waals surface area contributed by atoms with Gasteiger partial charge in [-0.05, 0) is 6.07 Å². The molecule has 0 saturated heterocycles. The van der Waals surface area contributed by atoms with Crippen LogP contribution in [0.5, 0.6) is 0 Å². The fraction of sp³-hybridized carbons (Fsp3) is 0.167. The quantitative estimate of drug-likeness (QED) is 0.713. The van der Waals surface area contributed by atoms with Crippen molar-refractivity contribution >= 4 is 21.7 Å². The minimum Gasteiger partial charge on any atom is -0.392 e. The van der Waals surface area contributed by atoms with Crippen LogP contribution in [-0.4, -0.2) is 10.1 Å². The lowest BCUT2D eigenvalue weighted by Gasteiger charge is -1.98. The molecule has 54 valence electrons. The van der Waals surface area contributed by atoms with Crippen molar-refractivity contribution in [3.63, 3.8) is 0 Å². The molecule has 0 radical (unpaired) electrons. The molecule has 10 heavy (non-hydrogen) atoms. The van der Waals surface area contributed by atoms with Gasteiger partial charge in [0.1, 0.15) is 5.82 Å². The van der Waals surface area contributed by atoms with E-state index in [-0.39, 0.29) is 6.61 Å². The normalized spacial score (nSPS) is 9.80. The molecule has 0 aliphatic carbocycles.